The van der Waals surface area contributed by atoms with Crippen LogP contribution in [0.15, 0.2) is 56.7 Å². The Labute approximate surface area is 267 Å². The molecule has 5 N–H and O–H groups in total. The number of benzene rings is 1. The van der Waals surface area contributed by atoms with E-state index in [9.17, 15) is 24.3 Å². The Hall–Kier alpha value is -4.13. The molecule has 2 aliphatic rings. The zero-order valence-corrected chi connectivity index (χ0v) is 26.4. The molecule has 0 spiro atoms. The first-order valence-corrected chi connectivity index (χ1v) is 16.5. The molecule has 230 valence electrons. The Kier molecular flexibility index (Phi) is 9.72. The number of carboxylic acid groups (broad SMARTS) is 1. The number of nitrogens with zero attached hydrogens (tertiary/aromatic N) is 4. The number of hydrogen-bond donors (Lipinski definition) is 4. The standard InChI is InChI=1S/C26H25N7O7S4/c1-12-16(8-17(34)29-14-6-4-3-5-7-14)44-25(28-12)43-10-13-9-41-23-19(21(36)33(23)22(13)40-26(37)38)31-20(35)18(32-39-2)15-11-42-24(27)30-15/h3-7,11,19,23H,8-10H2,1-2H3,(H2,27,30)(H,29,34)(H,31,35)(H,37,38)/t19-,23+/m1/s1. The maximum absolute atomic E-state index is 13.2. The molecule has 0 unspecified atom stereocenters. The number of fused-ring (bicyclic) bond motifs is 1. The van der Waals surface area contributed by atoms with Gasteiger partial charge >= 0.3 is 6.16 Å². The molecule has 14 nitrogen and oxygen atoms in total. The van der Waals surface area contributed by atoms with Crippen molar-refractivity contribution in [2.24, 2.45) is 5.16 Å². The molecule has 3 aromatic rings. The zero-order valence-electron chi connectivity index (χ0n) is 23.1. The highest BCUT2D eigenvalue weighted by Crippen LogP contribution is 2.42. The number of oxime groups is 1. The molecular weight excluding hydrogens is 651 g/mol. The first kappa shape index (κ1) is 31.3. The quantitative estimate of drug-likeness (QED) is 0.0763. The Morgan fingerprint density at radius 2 is 2.02 bits per heavy atom. The van der Waals surface area contributed by atoms with Crippen LogP contribution in [0.5, 0.6) is 0 Å². The number of nitrogens with two attached hydrogens (primary N) is 1. The summed E-state index contributed by atoms with van der Waals surface area (Å²) in [4.78, 5) is 65.7. The van der Waals surface area contributed by atoms with Crippen LogP contribution in [0.2, 0.25) is 0 Å². The number of thioether (sulfide) groups is 2. The number of carbonyl (C=O) groups is 4. The lowest BCUT2D eigenvalue weighted by Gasteiger charge is -2.49. The van der Waals surface area contributed by atoms with Gasteiger partial charge in [0.1, 0.15) is 24.2 Å². The lowest BCUT2D eigenvalue weighted by Crippen LogP contribution is -2.70. The topological polar surface area (TPSA) is 198 Å². The summed E-state index contributed by atoms with van der Waals surface area (Å²) in [6.07, 6.45) is -1.41. The van der Waals surface area contributed by atoms with E-state index in [1.165, 1.54) is 52.3 Å². The number of hydrogen-bond acceptors (Lipinski definition) is 14. The first-order chi connectivity index (χ1) is 21.1. The van der Waals surface area contributed by atoms with Gasteiger partial charge in [0.05, 0.1) is 12.1 Å². The summed E-state index contributed by atoms with van der Waals surface area (Å²) in [7, 11) is 1.27. The van der Waals surface area contributed by atoms with E-state index in [0.717, 1.165) is 21.9 Å². The van der Waals surface area contributed by atoms with Gasteiger partial charge in [-0.25, -0.2) is 14.8 Å². The number of nitrogens with one attached hydrogen (secondary N) is 2. The number of rotatable bonds is 11. The predicted molar refractivity (Wildman–Crippen MR) is 168 cm³/mol. The molecule has 5 rings (SSSR count). The molecule has 0 saturated carbocycles. The molecule has 1 fully saturated rings. The van der Waals surface area contributed by atoms with Crippen molar-refractivity contribution in [2.45, 2.75) is 29.1 Å². The molecule has 0 bridgehead atoms. The van der Waals surface area contributed by atoms with Gasteiger partial charge in [0, 0.05) is 33.0 Å². The summed E-state index contributed by atoms with van der Waals surface area (Å²) in [5.74, 6) is -0.854. The monoisotopic (exact) mass is 675 g/mol. The van der Waals surface area contributed by atoms with Crippen LogP contribution in [0.3, 0.4) is 0 Å². The SMILES string of the molecule is CON=C(C(=O)N[C@@H]1C(=O)N2C(OC(=O)O)=C(CSc3nc(C)c(CC(=O)Nc4ccccc4)s3)CS[C@@H]12)c1csc(N)n1. The number of anilines is 2. The molecule has 2 aliphatic heterocycles. The summed E-state index contributed by atoms with van der Waals surface area (Å²) < 4.78 is 5.76. The zero-order chi connectivity index (χ0) is 31.4. The molecule has 44 heavy (non-hydrogen) atoms. The van der Waals surface area contributed by atoms with Crippen LogP contribution in [-0.4, -0.2) is 79.6 Å². The van der Waals surface area contributed by atoms with Gasteiger partial charge in [-0.1, -0.05) is 35.1 Å². The fourth-order valence-electron chi connectivity index (χ4n) is 4.26. The van der Waals surface area contributed by atoms with Gasteiger partial charge in [0.15, 0.2) is 15.2 Å². The smallest absolute Gasteiger partial charge is 0.449 e. The van der Waals surface area contributed by atoms with Crippen LogP contribution in [0.1, 0.15) is 16.3 Å². The number of carbonyl (C=O) groups excluding carboxylic acids is 3. The minimum absolute atomic E-state index is 0.0851. The Morgan fingerprint density at radius 1 is 1.25 bits per heavy atom. The molecule has 2 atom stereocenters. The van der Waals surface area contributed by atoms with Crippen LogP contribution in [0.4, 0.5) is 15.6 Å². The summed E-state index contributed by atoms with van der Waals surface area (Å²) in [6.45, 7) is 1.82. The molecule has 1 aromatic carbocycles. The number of thiazole rings is 2. The van der Waals surface area contributed by atoms with Crippen molar-refractivity contribution in [3.8, 4) is 0 Å². The lowest BCUT2D eigenvalue weighted by atomic mass is 10.1. The molecule has 0 radical (unpaired) electrons. The third-order valence-electron chi connectivity index (χ3n) is 6.25. The average Bonchev–Trinajstić information content (AvgIpc) is 3.57. The summed E-state index contributed by atoms with van der Waals surface area (Å²) in [5, 5.41) is 19.8. The number of amides is 3. The molecule has 18 heteroatoms. The minimum Gasteiger partial charge on any atom is -0.449 e. The van der Waals surface area contributed by atoms with Gasteiger partial charge in [0.25, 0.3) is 11.8 Å². The number of aryl methyl sites for hydroxylation is 1. The van der Waals surface area contributed by atoms with E-state index in [2.05, 4.69) is 25.8 Å². The molecular formula is C26H25N7O7S4. The van der Waals surface area contributed by atoms with E-state index in [4.69, 9.17) is 15.3 Å². The van der Waals surface area contributed by atoms with Gasteiger partial charge < -0.3 is 31.0 Å². The van der Waals surface area contributed by atoms with E-state index >= 15 is 0 Å². The second-order valence-corrected chi connectivity index (χ2v) is 13.5. The number of β-lactam (4-membered cyclic amide) rings is 1. The van der Waals surface area contributed by atoms with Crippen LogP contribution >= 0.6 is 46.2 Å². The fraction of sp³-hybridized carbons (Fsp3) is 0.269. The van der Waals surface area contributed by atoms with E-state index in [1.807, 2.05) is 25.1 Å². The second-order valence-electron chi connectivity index (χ2n) is 9.20. The maximum Gasteiger partial charge on any atom is 0.512 e. The average molecular weight is 676 g/mol. The number of nitrogen functional groups attached to an aromatic ring is 1. The second kappa shape index (κ2) is 13.7. The van der Waals surface area contributed by atoms with Crippen LogP contribution in [0, 0.1) is 6.92 Å². The van der Waals surface area contributed by atoms with E-state index < -0.39 is 29.4 Å². The van der Waals surface area contributed by atoms with Gasteiger partial charge in [-0.05, 0) is 19.1 Å². The minimum atomic E-state index is -1.57. The van der Waals surface area contributed by atoms with Crippen LogP contribution in [-0.2, 0) is 30.4 Å². The highest BCUT2D eigenvalue weighted by Gasteiger charge is 2.54. The van der Waals surface area contributed by atoms with E-state index in [-0.39, 0.29) is 34.7 Å². The normalized spacial score (nSPS) is 17.9. The third-order valence-corrected chi connectivity index (χ3v) is 10.6. The summed E-state index contributed by atoms with van der Waals surface area (Å²) in [6, 6.07) is 8.19. The van der Waals surface area contributed by atoms with Crippen molar-refractivity contribution in [3.63, 3.8) is 0 Å². The Morgan fingerprint density at radius 3 is 2.70 bits per heavy atom. The Bertz CT molecular complexity index is 1660. The van der Waals surface area contributed by atoms with Crippen molar-refractivity contribution < 1.29 is 33.9 Å². The number of aromatic nitrogens is 2. The number of para-hydroxylation sites is 1. The molecule has 3 amide bonds. The van der Waals surface area contributed by atoms with Crippen LogP contribution < -0.4 is 16.4 Å². The largest absolute Gasteiger partial charge is 0.512 e. The van der Waals surface area contributed by atoms with E-state index in [0.29, 0.717) is 27.1 Å². The van der Waals surface area contributed by atoms with Crippen molar-refractivity contribution in [2.75, 3.05) is 29.7 Å². The summed E-state index contributed by atoms with van der Waals surface area (Å²) >= 11 is 5.20. The lowest BCUT2D eigenvalue weighted by molar-refractivity contribution is -0.148. The predicted octanol–water partition coefficient (Wildman–Crippen LogP) is 3.12. The van der Waals surface area contributed by atoms with Crippen molar-refractivity contribution in [1.82, 2.24) is 20.2 Å². The van der Waals surface area contributed by atoms with Gasteiger partial charge in [0.2, 0.25) is 11.8 Å². The highest BCUT2D eigenvalue weighted by atomic mass is 32.2. The van der Waals surface area contributed by atoms with Gasteiger partial charge in [-0.3, -0.25) is 19.3 Å². The highest BCUT2D eigenvalue weighted by molar-refractivity contribution is 8.01. The Balaban J connectivity index is 1.25. The van der Waals surface area contributed by atoms with Crippen LogP contribution in [0.25, 0.3) is 0 Å². The van der Waals surface area contributed by atoms with Crippen molar-refractivity contribution in [1.29, 1.82) is 0 Å². The molecule has 0 aliphatic carbocycles. The molecule has 2 aromatic heterocycles. The maximum atomic E-state index is 13.2. The molecule has 1 saturated heterocycles. The van der Waals surface area contributed by atoms with Gasteiger partial charge in [-0.2, -0.15) is 0 Å². The van der Waals surface area contributed by atoms with Crippen molar-refractivity contribution >= 4 is 86.6 Å². The molecule has 4 heterocycles. The van der Waals surface area contributed by atoms with Crippen molar-refractivity contribution in [3.05, 3.63) is 63.4 Å². The summed E-state index contributed by atoms with van der Waals surface area (Å²) in [5.41, 5.74) is 7.72. The fourth-order valence-corrected chi connectivity index (χ4v) is 8.49. The first-order valence-electron chi connectivity index (χ1n) is 12.8. The van der Waals surface area contributed by atoms with E-state index in [1.54, 1.807) is 12.1 Å². The number of ether oxygens (including phenoxy) is 1. The van der Waals surface area contributed by atoms with Gasteiger partial charge in [-0.15, -0.1) is 34.4 Å². The third kappa shape index (κ3) is 6.98.